The number of hydrogen-bond acceptors (Lipinski definition) is 6. The van der Waals surface area contributed by atoms with E-state index >= 15 is 0 Å². The van der Waals surface area contributed by atoms with E-state index in [4.69, 9.17) is 9.47 Å². The third kappa shape index (κ3) is 4.09. The first-order valence-corrected chi connectivity index (χ1v) is 8.61. The van der Waals surface area contributed by atoms with Gasteiger partial charge < -0.3 is 19.9 Å². The molecule has 1 aromatic rings. The summed E-state index contributed by atoms with van der Waals surface area (Å²) in [5, 5.41) is 13.4. The molecular weight excluding hydrogens is 294 g/mol. The van der Waals surface area contributed by atoms with Gasteiger partial charge in [0.1, 0.15) is 11.5 Å². The van der Waals surface area contributed by atoms with E-state index in [0.717, 1.165) is 0 Å². The van der Waals surface area contributed by atoms with Crippen LogP contribution >= 0.6 is 0 Å². The van der Waals surface area contributed by atoms with Crippen LogP contribution in [0.1, 0.15) is 18.1 Å². The molecule has 7 heteroatoms. The summed E-state index contributed by atoms with van der Waals surface area (Å²) >= 11 is 0. The number of rotatable bonds is 6. The highest BCUT2D eigenvalue weighted by molar-refractivity contribution is 7.91. The Balaban J connectivity index is 2.01. The number of sulfone groups is 1. The minimum absolute atomic E-state index is 0.0961. The molecule has 0 amide bonds. The molecule has 2 rings (SSSR count). The number of hydrogen-bond donors (Lipinski definition) is 2. The molecular formula is C14H21NO5S. The second kappa shape index (κ2) is 6.64. The van der Waals surface area contributed by atoms with E-state index in [1.54, 1.807) is 25.3 Å². The summed E-state index contributed by atoms with van der Waals surface area (Å²) in [6.45, 7) is 0.268. The molecule has 0 spiro atoms. The second-order valence-electron chi connectivity index (χ2n) is 5.13. The van der Waals surface area contributed by atoms with Crippen LogP contribution in [0.5, 0.6) is 11.5 Å². The molecule has 1 saturated heterocycles. The lowest BCUT2D eigenvalue weighted by Crippen LogP contribution is -2.33. The summed E-state index contributed by atoms with van der Waals surface area (Å²) in [6.07, 6.45) is -0.206. The summed E-state index contributed by atoms with van der Waals surface area (Å²) in [5.41, 5.74) is 0.616. The van der Waals surface area contributed by atoms with Crippen molar-refractivity contribution in [1.29, 1.82) is 0 Å². The van der Waals surface area contributed by atoms with Crippen LogP contribution in [0.25, 0.3) is 0 Å². The predicted octanol–water partition coefficient (Wildman–Crippen LogP) is 0.514. The maximum Gasteiger partial charge on any atom is 0.151 e. The monoisotopic (exact) mass is 315 g/mol. The predicted molar refractivity (Wildman–Crippen MR) is 79.6 cm³/mol. The molecule has 2 N–H and O–H groups in total. The van der Waals surface area contributed by atoms with Crippen molar-refractivity contribution >= 4 is 9.84 Å². The smallest absolute Gasteiger partial charge is 0.151 e. The van der Waals surface area contributed by atoms with Crippen LogP contribution in [0.15, 0.2) is 18.2 Å². The third-order valence-electron chi connectivity index (χ3n) is 3.63. The fourth-order valence-corrected chi connectivity index (χ4v) is 4.15. The van der Waals surface area contributed by atoms with Crippen LogP contribution in [0.3, 0.4) is 0 Å². The Morgan fingerprint density at radius 3 is 2.71 bits per heavy atom. The molecule has 1 aliphatic rings. The Bertz CT molecular complexity index is 587. The van der Waals surface area contributed by atoms with Crippen molar-refractivity contribution in [2.45, 2.75) is 18.6 Å². The molecule has 0 radical (unpaired) electrons. The van der Waals surface area contributed by atoms with Gasteiger partial charge in [-0.1, -0.05) is 0 Å². The van der Waals surface area contributed by atoms with Gasteiger partial charge >= 0.3 is 0 Å². The Kier molecular flexibility index (Phi) is 5.08. The molecule has 6 nitrogen and oxygen atoms in total. The van der Waals surface area contributed by atoms with Gasteiger partial charge in [0.15, 0.2) is 9.84 Å². The molecule has 2 unspecified atom stereocenters. The lowest BCUT2D eigenvalue weighted by molar-refractivity contribution is 0.166. The van der Waals surface area contributed by atoms with E-state index in [1.807, 2.05) is 0 Å². The summed E-state index contributed by atoms with van der Waals surface area (Å²) in [4.78, 5) is 0. The molecule has 0 bridgehead atoms. The topological polar surface area (TPSA) is 84.9 Å². The van der Waals surface area contributed by atoms with Crippen molar-refractivity contribution in [1.82, 2.24) is 5.32 Å². The molecule has 0 aromatic heterocycles. The Morgan fingerprint density at radius 2 is 2.14 bits per heavy atom. The molecule has 1 fully saturated rings. The van der Waals surface area contributed by atoms with E-state index in [-0.39, 0.29) is 24.1 Å². The lowest BCUT2D eigenvalue weighted by Gasteiger charge is -2.18. The average Bonchev–Trinajstić information content (AvgIpc) is 2.83. The quantitative estimate of drug-likeness (QED) is 0.796. The average molecular weight is 315 g/mol. The van der Waals surface area contributed by atoms with Gasteiger partial charge in [0, 0.05) is 18.2 Å². The molecule has 0 saturated carbocycles. The van der Waals surface area contributed by atoms with Crippen LogP contribution in [-0.4, -0.2) is 51.8 Å². The van der Waals surface area contributed by atoms with Crippen molar-refractivity contribution in [3.63, 3.8) is 0 Å². The fraction of sp³-hybridized carbons (Fsp3) is 0.571. The van der Waals surface area contributed by atoms with Gasteiger partial charge in [-0.15, -0.1) is 0 Å². The van der Waals surface area contributed by atoms with Gasteiger partial charge in [0.2, 0.25) is 0 Å². The Hall–Kier alpha value is -1.31. The van der Waals surface area contributed by atoms with Gasteiger partial charge in [-0.3, -0.25) is 0 Å². The van der Waals surface area contributed by atoms with E-state index in [9.17, 15) is 13.5 Å². The van der Waals surface area contributed by atoms with Crippen molar-refractivity contribution < 1.29 is 23.0 Å². The molecule has 0 aliphatic carbocycles. The van der Waals surface area contributed by atoms with Crippen LogP contribution in [-0.2, 0) is 9.84 Å². The van der Waals surface area contributed by atoms with Gasteiger partial charge in [-0.2, -0.15) is 0 Å². The molecule has 1 aliphatic heterocycles. The van der Waals surface area contributed by atoms with E-state index < -0.39 is 15.9 Å². The highest BCUT2D eigenvalue weighted by Crippen LogP contribution is 2.29. The fourth-order valence-electron chi connectivity index (χ4n) is 2.44. The highest BCUT2D eigenvalue weighted by Gasteiger charge is 2.28. The molecule has 21 heavy (non-hydrogen) atoms. The zero-order valence-corrected chi connectivity index (χ0v) is 13.0. The summed E-state index contributed by atoms with van der Waals surface area (Å²) in [7, 11) is 0.172. The Morgan fingerprint density at radius 1 is 1.38 bits per heavy atom. The summed E-state index contributed by atoms with van der Waals surface area (Å²) < 4.78 is 33.2. The normalized spacial score (nSPS) is 22.0. The number of methoxy groups -OCH3 is 2. The zero-order chi connectivity index (χ0) is 15.5. The molecule has 1 heterocycles. The molecule has 1 aromatic carbocycles. The number of nitrogens with one attached hydrogen (secondary N) is 1. The lowest BCUT2D eigenvalue weighted by atomic mass is 10.1. The summed E-state index contributed by atoms with van der Waals surface area (Å²) in [5.74, 6) is 1.55. The van der Waals surface area contributed by atoms with Gasteiger partial charge in [0.05, 0.1) is 31.8 Å². The maximum atomic E-state index is 11.4. The number of ether oxygens (including phenoxy) is 2. The van der Waals surface area contributed by atoms with Gasteiger partial charge in [-0.05, 0) is 24.6 Å². The molecule has 2 atom stereocenters. The van der Waals surface area contributed by atoms with E-state index in [1.165, 1.54) is 7.11 Å². The highest BCUT2D eigenvalue weighted by atomic mass is 32.2. The van der Waals surface area contributed by atoms with Crippen molar-refractivity contribution in [2.75, 3.05) is 32.3 Å². The van der Waals surface area contributed by atoms with Crippen LogP contribution in [0.4, 0.5) is 0 Å². The zero-order valence-electron chi connectivity index (χ0n) is 12.2. The maximum absolute atomic E-state index is 11.4. The van der Waals surface area contributed by atoms with Crippen LogP contribution < -0.4 is 14.8 Å². The molecule has 118 valence electrons. The van der Waals surface area contributed by atoms with Crippen LogP contribution in [0.2, 0.25) is 0 Å². The van der Waals surface area contributed by atoms with Crippen molar-refractivity contribution in [3.05, 3.63) is 23.8 Å². The van der Waals surface area contributed by atoms with Gasteiger partial charge in [0.25, 0.3) is 0 Å². The third-order valence-corrected chi connectivity index (χ3v) is 5.40. The van der Waals surface area contributed by atoms with E-state index in [2.05, 4.69) is 5.32 Å². The number of aliphatic hydroxyl groups is 1. The van der Waals surface area contributed by atoms with Crippen LogP contribution in [0, 0.1) is 0 Å². The SMILES string of the molecule is COc1ccc(OC)c(C(O)CNC2CCS(=O)(=O)C2)c1. The standard InChI is InChI=1S/C14H21NO5S/c1-19-11-3-4-14(20-2)12(7-11)13(16)8-15-10-5-6-21(17,18)9-10/h3-4,7,10,13,15-16H,5-6,8-9H2,1-2H3. The number of benzene rings is 1. The minimum Gasteiger partial charge on any atom is -0.497 e. The van der Waals surface area contributed by atoms with Gasteiger partial charge in [-0.25, -0.2) is 8.42 Å². The Labute approximate surface area is 125 Å². The van der Waals surface area contributed by atoms with Crippen molar-refractivity contribution in [3.8, 4) is 11.5 Å². The van der Waals surface area contributed by atoms with Crippen molar-refractivity contribution in [2.24, 2.45) is 0 Å². The largest absolute Gasteiger partial charge is 0.497 e. The number of aliphatic hydroxyl groups excluding tert-OH is 1. The first-order valence-electron chi connectivity index (χ1n) is 6.79. The first-order chi connectivity index (χ1) is 9.95. The first kappa shape index (κ1) is 16.1. The van der Waals surface area contributed by atoms with E-state index in [0.29, 0.717) is 23.5 Å². The minimum atomic E-state index is -2.92. The second-order valence-corrected chi connectivity index (χ2v) is 7.36. The summed E-state index contributed by atoms with van der Waals surface area (Å²) in [6, 6.07) is 5.11.